The van der Waals surface area contributed by atoms with Crippen LogP contribution >= 0.6 is 11.6 Å². The molecule has 2 amide bonds. The van der Waals surface area contributed by atoms with Crippen molar-refractivity contribution in [3.8, 4) is 0 Å². The van der Waals surface area contributed by atoms with Gasteiger partial charge in [-0.15, -0.1) is 0 Å². The molecule has 1 aromatic heterocycles. The van der Waals surface area contributed by atoms with E-state index in [0.29, 0.717) is 28.5 Å². The number of anilines is 1. The number of hydrogen-bond donors (Lipinski definition) is 0. The smallest absolute Gasteiger partial charge is 0.359 e. The minimum absolute atomic E-state index is 0.0503. The highest BCUT2D eigenvalue weighted by Crippen LogP contribution is 2.59. The number of aromatic nitrogens is 2. The molecule has 0 atom stereocenters. The second-order valence-electron chi connectivity index (χ2n) is 10.00. The van der Waals surface area contributed by atoms with Crippen LogP contribution in [0.2, 0.25) is 5.02 Å². The Labute approximate surface area is 190 Å². The first-order valence-electron chi connectivity index (χ1n) is 11.2. The lowest BCUT2D eigenvalue weighted by molar-refractivity contribution is -0.0503. The molecule has 0 spiro atoms. The minimum Gasteiger partial charge on any atom is -0.464 e. The molecule has 2 heterocycles. The third-order valence-corrected chi connectivity index (χ3v) is 8.36. The Balaban J connectivity index is 1.52. The van der Waals surface area contributed by atoms with Crippen molar-refractivity contribution in [2.75, 3.05) is 12.0 Å². The van der Waals surface area contributed by atoms with Crippen LogP contribution in [-0.4, -0.2) is 34.7 Å². The van der Waals surface area contributed by atoms with Crippen LogP contribution in [0.1, 0.15) is 75.4 Å². The normalized spacial score (nSPS) is 30.2. The average molecular weight is 454 g/mol. The van der Waals surface area contributed by atoms with Crippen molar-refractivity contribution in [1.29, 1.82) is 0 Å². The van der Waals surface area contributed by atoms with Crippen molar-refractivity contribution in [2.24, 2.45) is 17.8 Å². The predicted molar refractivity (Wildman–Crippen MR) is 117 cm³/mol. The molecule has 8 heteroatoms. The van der Waals surface area contributed by atoms with Gasteiger partial charge in [0.1, 0.15) is 11.3 Å². The Morgan fingerprint density at radius 3 is 2.28 bits per heavy atom. The molecule has 1 aliphatic heterocycles. The first-order valence-corrected chi connectivity index (χ1v) is 11.6. The van der Waals surface area contributed by atoms with Crippen molar-refractivity contribution in [2.45, 2.75) is 51.0 Å². The zero-order chi connectivity index (χ0) is 22.4. The number of halogens is 1. The van der Waals surface area contributed by atoms with Gasteiger partial charge in [-0.1, -0.05) is 17.7 Å². The van der Waals surface area contributed by atoms with Crippen LogP contribution in [-0.2, 0) is 10.3 Å². The SMILES string of the molecule is COC(=O)c1nn(C23CC4CC(CC(C4)C2)C3)c2c1C(=O)N(c1ccc(C)c(Cl)c1)C2=O. The molecule has 7 nitrogen and oxygen atoms in total. The average Bonchev–Trinajstić information content (AvgIpc) is 3.26. The van der Waals surface area contributed by atoms with Crippen LogP contribution in [0, 0.1) is 24.7 Å². The lowest BCUT2D eigenvalue weighted by Gasteiger charge is -2.56. The third-order valence-electron chi connectivity index (χ3n) is 7.96. The number of fused-ring (bicyclic) bond motifs is 1. The number of carbonyl (C=O) groups excluding carboxylic acids is 3. The van der Waals surface area contributed by atoms with E-state index in [4.69, 9.17) is 16.3 Å². The fraction of sp³-hybridized carbons (Fsp3) is 0.500. The number of carbonyl (C=O) groups is 3. The Kier molecular flexibility index (Phi) is 4.16. The lowest BCUT2D eigenvalue weighted by atomic mass is 9.53. The van der Waals surface area contributed by atoms with Crippen LogP contribution in [0.25, 0.3) is 0 Å². The summed E-state index contributed by atoms with van der Waals surface area (Å²) in [4.78, 5) is 40.9. The summed E-state index contributed by atoms with van der Waals surface area (Å²) in [6, 6.07) is 5.08. The summed E-state index contributed by atoms with van der Waals surface area (Å²) in [5.41, 5.74) is 1.12. The molecule has 5 aliphatic rings. The number of benzene rings is 1. The van der Waals surface area contributed by atoms with Gasteiger partial charge in [-0.3, -0.25) is 14.3 Å². The number of amides is 2. The highest BCUT2D eigenvalue weighted by Gasteiger charge is 2.56. The van der Waals surface area contributed by atoms with Gasteiger partial charge in [-0.2, -0.15) is 5.10 Å². The number of ether oxygens (including phenoxy) is 1. The van der Waals surface area contributed by atoms with Gasteiger partial charge in [0.2, 0.25) is 0 Å². The van der Waals surface area contributed by atoms with Gasteiger partial charge in [0.25, 0.3) is 11.8 Å². The van der Waals surface area contributed by atoms with E-state index in [9.17, 15) is 14.4 Å². The van der Waals surface area contributed by atoms with Crippen molar-refractivity contribution in [3.05, 3.63) is 45.7 Å². The molecule has 4 fully saturated rings. The summed E-state index contributed by atoms with van der Waals surface area (Å²) < 4.78 is 6.68. The summed E-state index contributed by atoms with van der Waals surface area (Å²) in [6.07, 6.45) is 6.50. The van der Waals surface area contributed by atoms with E-state index in [1.165, 1.54) is 26.4 Å². The van der Waals surface area contributed by atoms with E-state index in [1.807, 2.05) is 6.92 Å². The fourth-order valence-electron chi connectivity index (χ4n) is 6.99. The number of imide groups is 1. The standard InChI is InChI=1S/C24H24ClN3O4/c1-12-3-4-16(8-17(12)25)27-21(29)18-19(23(31)32-2)26-28(20(18)22(27)30)24-9-13-5-14(10-24)7-15(6-13)11-24/h3-4,8,13-15H,5-7,9-11H2,1-2H3. The number of aryl methyl sites for hydroxylation is 1. The van der Waals surface area contributed by atoms with Crippen molar-refractivity contribution in [3.63, 3.8) is 0 Å². The summed E-state index contributed by atoms with van der Waals surface area (Å²) >= 11 is 6.28. The van der Waals surface area contributed by atoms with Crippen molar-refractivity contribution >= 4 is 35.1 Å². The molecule has 0 N–H and O–H groups in total. The maximum absolute atomic E-state index is 13.7. The molecule has 0 radical (unpaired) electrons. The first kappa shape index (κ1) is 20.0. The van der Waals surface area contributed by atoms with Crippen LogP contribution in [0.15, 0.2) is 18.2 Å². The second kappa shape index (κ2) is 6.67. The van der Waals surface area contributed by atoms with Gasteiger partial charge >= 0.3 is 5.97 Å². The molecule has 4 aliphatic carbocycles. The molecule has 1 aromatic carbocycles. The zero-order valence-corrected chi connectivity index (χ0v) is 18.8. The Morgan fingerprint density at radius 1 is 1.09 bits per heavy atom. The van der Waals surface area contributed by atoms with E-state index in [0.717, 1.165) is 29.7 Å². The Morgan fingerprint density at radius 2 is 1.72 bits per heavy atom. The predicted octanol–water partition coefficient (Wildman–Crippen LogP) is 4.36. The van der Waals surface area contributed by atoms with Crippen molar-refractivity contribution in [1.82, 2.24) is 9.78 Å². The molecular formula is C24H24ClN3O4. The molecule has 4 bridgehead atoms. The van der Waals surface area contributed by atoms with Gasteiger partial charge in [0.15, 0.2) is 5.69 Å². The van der Waals surface area contributed by atoms with Gasteiger partial charge in [0, 0.05) is 5.02 Å². The quantitative estimate of drug-likeness (QED) is 0.509. The zero-order valence-electron chi connectivity index (χ0n) is 18.1. The molecule has 0 unspecified atom stereocenters. The summed E-state index contributed by atoms with van der Waals surface area (Å²) in [7, 11) is 1.26. The summed E-state index contributed by atoms with van der Waals surface area (Å²) in [5.74, 6) is 0.130. The molecule has 166 valence electrons. The van der Waals surface area contributed by atoms with Gasteiger partial charge in [-0.05, 0) is 80.9 Å². The van der Waals surface area contributed by atoms with Crippen molar-refractivity contribution < 1.29 is 19.1 Å². The molecule has 0 saturated heterocycles. The van der Waals surface area contributed by atoms with Gasteiger partial charge in [-0.25, -0.2) is 9.69 Å². The van der Waals surface area contributed by atoms with Crippen LogP contribution in [0.5, 0.6) is 0 Å². The number of rotatable bonds is 3. The molecule has 4 saturated carbocycles. The summed E-state index contributed by atoms with van der Waals surface area (Å²) in [6.45, 7) is 1.86. The largest absolute Gasteiger partial charge is 0.464 e. The Hall–Kier alpha value is -2.67. The monoisotopic (exact) mass is 453 g/mol. The highest BCUT2D eigenvalue weighted by atomic mass is 35.5. The molecule has 32 heavy (non-hydrogen) atoms. The first-order chi connectivity index (χ1) is 15.3. The number of esters is 1. The van der Waals surface area contributed by atoms with E-state index in [2.05, 4.69) is 5.10 Å². The van der Waals surface area contributed by atoms with E-state index in [1.54, 1.807) is 22.9 Å². The number of nitrogens with zero attached hydrogens (tertiary/aromatic N) is 3. The van der Waals surface area contributed by atoms with Crippen LogP contribution in [0.4, 0.5) is 5.69 Å². The van der Waals surface area contributed by atoms with E-state index < -0.39 is 17.8 Å². The Bertz CT molecular complexity index is 1160. The van der Waals surface area contributed by atoms with E-state index in [-0.39, 0.29) is 22.5 Å². The highest BCUT2D eigenvalue weighted by molar-refractivity contribution is 6.36. The van der Waals surface area contributed by atoms with Crippen LogP contribution in [0.3, 0.4) is 0 Å². The van der Waals surface area contributed by atoms with Gasteiger partial charge in [0.05, 0.1) is 18.3 Å². The van der Waals surface area contributed by atoms with E-state index >= 15 is 0 Å². The summed E-state index contributed by atoms with van der Waals surface area (Å²) in [5, 5.41) is 5.07. The minimum atomic E-state index is -0.699. The molecular weight excluding hydrogens is 430 g/mol. The number of methoxy groups -OCH3 is 1. The maximum Gasteiger partial charge on any atom is 0.359 e. The molecule has 2 aromatic rings. The second-order valence-corrected chi connectivity index (χ2v) is 10.4. The maximum atomic E-state index is 13.7. The lowest BCUT2D eigenvalue weighted by Crippen LogP contribution is -2.53. The fourth-order valence-corrected chi connectivity index (χ4v) is 7.17. The molecule has 7 rings (SSSR count). The van der Waals surface area contributed by atoms with Gasteiger partial charge < -0.3 is 4.74 Å². The van der Waals surface area contributed by atoms with Crippen LogP contribution < -0.4 is 4.90 Å². The third kappa shape index (κ3) is 2.60. The number of hydrogen-bond acceptors (Lipinski definition) is 5. The topological polar surface area (TPSA) is 81.5 Å².